The molecule has 1 heterocycles. The average Bonchev–Trinajstić information content (AvgIpc) is 3.66. The van der Waals surface area contributed by atoms with Gasteiger partial charge in [0.1, 0.15) is 5.75 Å². The molecule has 1 aliphatic carbocycles. The van der Waals surface area contributed by atoms with Crippen molar-refractivity contribution >= 4 is 45.0 Å². The van der Waals surface area contributed by atoms with Crippen molar-refractivity contribution < 1.29 is 24.5 Å². The molecule has 7 nitrogen and oxygen atoms in total. The first-order valence-electron chi connectivity index (χ1n) is 12.7. The smallest absolute Gasteiger partial charge is 0.252 e. The molecule has 0 bridgehead atoms. The molecule has 1 saturated carbocycles. The molecule has 1 atom stereocenters. The number of aromatic nitrogens is 1. The fourth-order valence-corrected chi connectivity index (χ4v) is 4.96. The molecule has 1 aliphatic rings. The van der Waals surface area contributed by atoms with Gasteiger partial charge in [0.05, 0.1) is 17.3 Å². The molecular formula is C30H31ClN2O5. The van der Waals surface area contributed by atoms with E-state index in [0.29, 0.717) is 29.5 Å². The lowest BCUT2D eigenvalue weighted by Gasteiger charge is -2.24. The van der Waals surface area contributed by atoms with E-state index in [2.05, 4.69) is 12.1 Å². The standard InChI is InChI=1S/C30H31ClN2O5/c1-30(2,37)28(35)9-10-33-15-24(22-8-6-18(13-25(22)33)17-3-4-17)26(34)16-38-27-14-19-5-7-21(31)11-20(19)12-23(27)29(32)36/h5-8,11-15,17,28,35,37H,3-4,9-10,16H2,1-2H3,(H2,32,36)/t28-/m1/s1. The number of benzene rings is 3. The van der Waals surface area contributed by atoms with E-state index in [9.17, 15) is 19.8 Å². The lowest BCUT2D eigenvalue weighted by Crippen LogP contribution is -2.36. The number of rotatable bonds is 10. The Morgan fingerprint density at radius 2 is 1.87 bits per heavy atom. The molecule has 5 rings (SSSR count). The number of nitrogens with two attached hydrogens (primary N) is 1. The summed E-state index contributed by atoms with van der Waals surface area (Å²) in [4.78, 5) is 25.5. The largest absolute Gasteiger partial charge is 0.485 e. The normalized spacial score (nSPS) is 14.7. The Hall–Kier alpha value is -3.39. The van der Waals surface area contributed by atoms with Crippen LogP contribution in [0.2, 0.25) is 5.02 Å². The van der Waals surface area contributed by atoms with Gasteiger partial charge in [-0.05, 0) is 85.7 Å². The molecule has 198 valence electrons. The van der Waals surface area contributed by atoms with Crippen LogP contribution in [-0.4, -0.2) is 44.8 Å². The van der Waals surface area contributed by atoms with E-state index in [4.69, 9.17) is 22.1 Å². The van der Waals surface area contributed by atoms with E-state index in [1.54, 1.807) is 44.3 Å². The topological polar surface area (TPSA) is 115 Å². The summed E-state index contributed by atoms with van der Waals surface area (Å²) in [6.07, 6.45) is 3.51. The van der Waals surface area contributed by atoms with Gasteiger partial charge in [0.25, 0.3) is 5.91 Å². The summed E-state index contributed by atoms with van der Waals surface area (Å²) in [6.45, 7) is 3.30. The molecule has 4 aromatic rings. The molecule has 0 radical (unpaired) electrons. The number of ether oxygens (including phenoxy) is 1. The van der Waals surface area contributed by atoms with Gasteiger partial charge < -0.3 is 25.3 Å². The summed E-state index contributed by atoms with van der Waals surface area (Å²) in [5.74, 6) is -0.137. The van der Waals surface area contributed by atoms with Crippen LogP contribution in [0.15, 0.2) is 54.7 Å². The van der Waals surface area contributed by atoms with Crippen molar-refractivity contribution in [2.45, 2.75) is 57.3 Å². The summed E-state index contributed by atoms with van der Waals surface area (Å²) >= 11 is 6.08. The second-order valence-electron chi connectivity index (χ2n) is 10.7. The van der Waals surface area contributed by atoms with E-state index >= 15 is 0 Å². The monoisotopic (exact) mass is 534 g/mol. The van der Waals surface area contributed by atoms with E-state index < -0.39 is 17.6 Å². The Morgan fingerprint density at radius 3 is 2.55 bits per heavy atom. The van der Waals surface area contributed by atoms with Crippen molar-refractivity contribution in [2.24, 2.45) is 5.73 Å². The molecule has 1 fully saturated rings. The molecule has 3 aromatic carbocycles. The summed E-state index contributed by atoms with van der Waals surface area (Å²) < 4.78 is 7.82. The number of ketones is 1. The zero-order valence-corrected chi connectivity index (χ0v) is 22.2. The van der Waals surface area contributed by atoms with Gasteiger partial charge in [0.15, 0.2) is 6.61 Å². The zero-order chi connectivity index (χ0) is 27.2. The Labute approximate surface area is 225 Å². The highest BCUT2D eigenvalue weighted by Gasteiger charge is 2.27. The van der Waals surface area contributed by atoms with Crippen molar-refractivity contribution in [3.63, 3.8) is 0 Å². The Kier molecular flexibility index (Phi) is 6.94. The molecule has 0 saturated heterocycles. The van der Waals surface area contributed by atoms with E-state index in [1.807, 2.05) is 16.7 Å². The maximum absolute atomic E-state index is 13.4. The third-order valence-electron chi connectivity index (χ3n) is 7.24. The second-order valence-corrected chi connectivity index (χ2v) is 11.1. The molecule has 0 unspecified atom stereocenters. The summed E-state index contributed by atoms with van der Waals surface area (Å²) in [6, 6.07) is 14.7. The molecule has 1 aromatic heterocycles. The van der Waals surface area contributed by atoms with Crippen molar-refractivity contribution in [1.29, 1.82) is 0 Å². The highest BCUT2D eigenvalue weighted by Crippen LogP contribution is 2.41. The van der Waals surface area contributed by atoms with Crippen LogP contribution in [0.25, 0.3) is 21.7 Å². The van der Waals surface area contributed by atoms with Crippen molar-refractivity contribution in [3.05, 3.63) is 76.4 Å². The summed E-state index contributed by atoms with van der Waals surface area (Å²) in [7, 11) is 0. The number of amides is 1. The third-order valence-corrected chi connectivity index (χ3v) is 7.47. The van der Waals surface area contributed by atoms with Gasteiger partial charge in [-0.25, -0.2) is 0 Å². The predicted molar refractivity (Wildman–Crippen MR) is 148 cm³/mol. The fraction of sp³-hybridized carbons (Fsp3) is 0.333. The fourth-order valence-electron chi connectivity index (χ4n) is 4.78. The Bertz CT molecular complexity index is 1550. The van der Waals surface area contributed by atoms with E-state index in [1.165, 1.54) is 5.56 Å². The van der Waals surface area contributed by atoms with Crippen LogP contribution >= 0.6 is 11.6 Å². The van der Waals surface area contributed by atoms with Crippen molar-refractivity contribution in [2.75, 3.05) is 6.61 Å². The van der Waals surface area contributed by atoms with Crippen LogP contribution in [0.3, 0.4) is 0 Å². The van der Waals surface area contributed by atoms with E-state index in [0.717, 1.165) is 34.5 Å². The quantitative estimate of drug-likeness (QED) is 0.242. The van der Waals surface area contributed by atoms with Gasteiger partial charge in [-0.15, -0.1) is 0 Å². The number of fused-ring (bicyclic) bond motifs is 2. The number of aliphatic hydroxyl groups excluding tert-OH is 1. The minimum absolute atomic E-state index is 0.171. The lowest BCUT2D eigenvalue weighted by molar-refractivity contribution is -0.0527. The third kappa shape index (κ3) is 5.41. The average molecular weight is 535 g/mol. The number of carbonyl (C=O) groups is 2. The number of aliphatic hydroxyl groups is 2. The first-order chi connectivity index (χ1) is 18.0. The number of Topliss-reactive ketones (excluding diaryl/α,β-unsaturated/α-hetero) is 1. The number of halogens is 1. The van der Waals surface area contributed by atoms with Gasteiger partial charge in [0.2, 0.25) is 5.78 Å². The predicted octanol–water partition coefficient (Wildman–Crippen LogP) is 5.21. The maximum atomic E-state index is 13.4. The Balaban J connectivity index is 1.43. The Morgan fingerprint density at radius 1 is 1.11 bits per heavy atom. The van der Waals surface area contributed by atoms with Crippen LogP contribution in [0.1, 0.15) is 65.3 Å². The van der Waals surface area contributed by atoms with Crippen LogP contribution in [0.5, 0.6) is 5.75 Å². The summed E-state index contributed by atoms with van der Waals surface area (Å²) in [5.41, 5.74) is 7.17. The minimum atomic E-state index is -1.22. The van der Waals surface area contributed by atoms with Crippen LogP contribution in [-0.2, 0) is 6.54 Å². The van der Waals surface area contributed by atoms with Crippen LogP contribution < -0.4 is 10.5 Å². The van der Waals surface area contributed by atoms with E-state index in [-0.39, 0.29) is 23.7 Å². The second kappa shape index (κ2) is 10.1. The minimum Gasteiger partial charge on any atom is -0.485 e. The first-order valence-corrected chi connectivity index (χ1v) is 13.1. The molecule has 4 N–H and O–H groups in total. The van der Waals surface area contributed by atoms with Crippen molar-refractivity contribution in [3.8, 4) is 5.75 Å². The van der Waals surface area contributed by atoms with Gasteiger partial charge >= 0.3 is 0 Å². The highest BCUT2D eigenvalue weighted by molar-refractivity contribution is 6.31. The maximum Gasteiger partial charge on any atom is 0.252 e. The summed E-state index contributed by atoms with van der Waals surface area (Å²) in [5, 5.41) is 23.4. The molecule has 0 spiro atoms. The van der Waals surface area contributed by atoms with Gasteiger partial charge in [-0.1, -0.05) is 29.8 Å². The molecule has 8 heteroatoms. The SMILES string of the molecule is CC(C)(O)[C@H](O)CCn1cc(C(=O)COc2cc3ccc(Cl)cc3cc2C(N)=O)c2ccc(C3CC3)cc21. The zero-order valence-electron chi connectivity index (χ0n) is 21.4. The van der Waals surface area contributed by atoms with Crippen LogP contribution in [0.4, 0.5) is 0 Å². The van der Waals surface area contributed by atoms with Crippen LogP contribution in [0, 0.1) is 0 Å². The van der Waals surface area contributed by atoms with Gasteiger partial charge in [-0.2, -0.15) is 0 Å². The molecule has 0 aliphatic heterocycles. The number of aryl methyl sites for hydroxylation is 1. The van der Waals surface area contributed by atoms with Gasteiger partial charge in [-0.3, -0.25) is 9.59 Å². The molecule has 1 amide bonds. The molecule has 38 heavy (non-hydrogen) atoms. The first kappa shape index (κ1) is 26.2. The lowest BCUT2D eigenvalue weighted by atomic mass is 9.99. The van der Waals surface area contributed by atoms with Crippen molar-refractivity contribution in [1.82, 2.24) is 4.57 Å². The number of carbonyl (C=O) groups excluding carboxylic acids is 2. The number of nitrogens with zero attached hydrogens (tertiary/aromatic N) is 1. The number of hydrogen-bond donors (Lipinski definition) is 3. The highest BCUT2D eigenvalue weighted by atomic mass is 35.5. The molecular weight excluding hydrogens is 504 g/mol. The number of hydrogen-bond acceptors (Lipinski definition) is 5. The van der Waals surface area contributed by atoms with Gasteiger partial charge in [0, 0.05) is 34.2 Å². The number of primary amides is 1.